The van der Waals surface area contributed by atoms with Crippen molar-refractivity contribution in [2.24, 2.45) is 0 Å². The molecule has 0 radical (unpaired) electrons. The Balaban J connectivity index is 1.39. The maximum atomic E-state index is 12.6. The predicted molar refractivity (Wildman–Crippen MR) is 99.0 cm³/mol. The Morgan fingerprint density at radius 3 is 2.81 bits per heavy atom. The van der Waals surface area contributed by atoms with Gasteiger partial charge < -0.3 is 9.64 Å². The van der Waals surface area contributed by atoms with Crippen LogP contribution in [-0.4, -0.2) is 65.3 Å². The second-order valence-electron chi connectivity index (χ2n) is 7.17. The van der Waals surface area contributed by atoms with Crippen LogP contribution in [0.25, 0.3) is 0 Å². The van der Waals surface area contributed by atoms with Gasteiger partial charge in [-0.05, 0) is 31.0 Å². The number of hydrogen-bond acceptors (Lipinski definition) is 4. The van der Waals surface area contributed by atoms with Crippen LogP contribution < -0.4 is 0 Å². The molecule has 2 fully saturated rings. The van der Waals surface area contributed by atoms with E-state index >= 15 is 0 Å². The second kappa shape index (κ2) is 8.01. The number of carbonyl (C=O) groups excluding carboxylic acids is 1. The molecule has 138 valence electrons. The van der Waals surface area contributed by atoms with Crippen molar-refractivity contribution in [3.05, 3.63) is 53.3 Å². The number of aromatic amines is 1. The van der Waals surface area contributed by atoms with E-state index < -0.39 is 0 Å². The van der Waals surface area contributed by atoms with Gasteiger partial charge in [-0.3, -0.25) is 14.8 Å². The van der Waals surface area contributed by atoms with Crippen molar-refractivity contribution in [3.63, 3.8) is 0 Å². The van der Waals surface area contributed by atoms with Crippen LogP contribution in [0.15, 0.2) is 36.4 Å². The SMILES string of the molecule is O=C(c1cc([C@@H]2CCCN(Cc3ccccc3)C2)[nH]n1)N1CCOCC1. The van der Waals surface area contributed by atoms with Gasteiger partial charge in [-0.25, -0.2) is 0 Å². The fourth-order valence-corrected chi connectivity index (χ4v) is 3.88. The standard InChI is InChI=1S/C20H26N4O2/c25-20(24-9-11-26-12-10-24)19-13-18(21-22-19)17-7-4-8-23(15-17)14-16-5-2-1-3-6-16/h1-3,5-6,13,17H,4,7-12,14-15H2,(H,21,22)/t17-/m1/s1. The normalized spacial score (nSPS) is 21.7. The van der Waals surface area contributed by atoms with Crippen molar-refractivity contribution >= 4 is 5.91 Å². The lowest BCUT2D eigenvalue weighted by Gasteiger charge is -2.32. The van der Waals surface area contributed by atoms with Crippen LogP contribution in [0.2, 0.25) is 0 Å². The number of ether oxygens (including phenoxy) is 1. The van der Waals surface area contributed by atoms with Crippen LogP contribution in [0.5, 0.6) is 0 Å². The van der Waals surface area contributed by atoms with E-state index in [9.17, 15) is 4.79 Å². The third-order valence-corrected chi connectivity index (χ3v) is 5.31. The van der Waals surface area contributed by atoms with Gasteiger partial charge in [0.1, 0.15) is 5.69 Å². The molecule has 1 aromatic heterocycles. The summed E-state index contributed by atoms with van der Waals surface area (Å²) < 4.78 is 5.32. The molecule has 1 atom stereocenters. The zero-order valence-corrected chi connectivity index (χ0v) is 15.1. The lowest BCUT2D eigenvalue weighted by molar-refractivity contribution is 0.0299. The molecular weight excluding hydrogens is 328 g/mol. The minimum Gasteiger partial charge on any atom is -0.378 e. The van der Waals surface area contributed by atoms with E-state index in [0.29, 0.717) is 37.9 Å². The van der Waals surface area contributed by atoms with Crippen molar-refractivity contribution in [2.75, 3.05) is 39.4 Å². The second-order valence-corrected chi connectivity index (χ2v) is 7.17. The van der Waals surface area contributed by atoms with Crippen molar-refractivity contribution in [3.8, 4) is 0 Å². The molecule has 0 saturated carbocycles. The highest BCUT2D eigenvalue weighted by Gasteiger charge is 2.26. The molecule has 0 bridgehead atoms. The number of piperidine rings is 1. The smallest absolute Gasteiger partial charge is 0.274 e. The molecule has 2 saturated heterocycles. The Morgan fingerprint density at radius 1 is 1.19 bits per heavy atom. The number of rotatable bonds is 4. The number of aromatic nitrogens is 2. The first-order valence-corrected chi connectivity index (χ1v) is 9.48. The van der Waals surface area contributed by atoms with Crippen LogP contribution in [0.3, 0.4) is 0 Å². The highest BCUT2D eigenvalue weighted by Crippen LogP contribution is 2.27. The maximum Gasteiger partial charge on any atom is 0.274 e. The molecule has 0 aliphatic carbocycles. The van der Waals surface area contributed by atoms with Gasteiger partial charge in [0.2, 0.25) is 0 Å². The molecule has 26 heavy (non-hydrogen) atoms. The Morgan fingerprint density at radius 2 is 2.00 bits per heavy atom. The number of hydrogen-bond donors (Lipinski definition) is 1. The lowest BCUT2D eigenvalue weighted by Crippen LogP contribution is -2.40. The Bertz CT molecular complexity index is 724. The largest absolute Gasteiger partial charge is 0.378 e. The predicted octanol–water partition coefficient (Wildman–Crippen LogP) is 2.26. The van der Waals surface area contributed by atoms with E-state index in [-0.39, 0.29) is 5.91 Å². The van der Waals surface area contributed by atoms with Crippen molar-refractivity contribution in [1.29, 1.82) is 0 Å². The first-order chi connectivity index (χ1) is 12.8. The van der Waals surface area contributed by atoms with Gasteiger partial charge in [0.15, 0.2) is 0 Å². The lowest BCUT2D eigenvalue weighted by atomic mass is 9.94. The molecule has 6 heteroatoms. The fraction of sp³-hybridized carbons (Fsp3) is 0.500. The van der Waals surface area contributed by atoms with Gasteiger partial charge in [-0.1, -0.05) is 30.3 Å². The fourth-order valence-electron chi connectivity index (χ4n) is 3.88. The summed E-state index contributed by atoms with van der Waals surface area (Å²) >= 11 is 0. The van der Waals surface area contributed by atoms with Gasteiger partial charge in [0.05, 0.1) is 13.2 Å². The molecule has 2 aliphatic heterocycles. The third kappa shape index (κ3) is 3.97. The summed E-state index contributed by atoms with van der Waals surface area (Å²) in [6, 6.07) is 12.6. The number of likely N-dealkylation sites (tertiary alicyclic amines) is 1. The van der Waals surface area contributed by atoms with Gasteiger partial charge >= 0.3 is 0 Å². The molecule has 0 spiro atoms. The van der Waals surface area contributed by atoms with Crippen LogP contribution in [-0.2, 0) is 11.3 Å². The summed E-state index contributed by atoms with van der Waals surface area (Å²) in [6.07, 6.45) is 2.31. The molecule has 1 amide bonds. The van der Waals surface area contributed by atoms with E-state index in [1.807, 2.05) is 11.0 Å². The molecule has 2 aromatic rings. The number of H-pyrrole nitrogens is 1. The summed E-state index contributed by atoms with van der Waals surface area (Å²) in [6.45, 7) is 5.62. The zero-order valence-electron chi connectivity index (χ0n) is 15.1. The average Bonchev–Trinajstić information content (AvgIpc) is 3.19. The first kappa shape index (κ1) is 17.2. The summed E-state index contributed by atoms with van der Waals surface area (Å²) in [5.41, 5.74) is 2.96. The maximum absolute atomic E-state index is 12.6. The average molecular weight is 354 g/mol. The van der Waals surface area contributed by atoms with E-state index in [1.54, 1.807) is 0 Å². The zero-order chi connectivity index (χ0) is 17.8. The summed E-state index contributed by atoms with van der Waals surface area (Å²) in [5.74, 6) is 0.416. The van der Waals surface area contributed by atoms with Crippen LogP contribution in [0.1, 0.15) is 40.5 Å². The minimum absolute atomic E-state index is 0.00718. The molecular formula is C20H26N4O2. The number of benzene rings is 1. The van der Waals surface area contributed by atoms with E-state index in [2.05, 4.69) is 45.4 Å². The van der Waals surface area contributed by atoms with Crippen molar-refractivity contribution in [1.82, 2.24) is 20.0 Å². The molecule has 0 unspecified atom stereocenters. The van der Waals surface area contributed by atoms with Gasteiger partial charge in [0.25, 0.3) is 5.91 Å². The van der Waals surface area contributed by atoms with Gasteiger partial charge in [0, 0.05) is 37.8 Å². The van der Waals surface area contributed by atoms with E-state index in [0.717, 1.165) is 31.7 Å². The summed E-state index contributed by atoms with van der Waals surface area (Å²) in [5, 5.41) is 7.42. The van der Waals surface area contributed by atoms with Crippen molar-refractivity contribution in [2.45, 2.75) is 25.3 Å². The number of nitrogens with one attached hydrogen (secondary N) is 1. The van der Waals surface area contributed by atoms with Gasteiger partial charge in [-0.2, -0.15) is 5.10 Å². The first-order valence-electron chi connectivity index (χ1n) is 9.48. The van der Waals surface area contributed by atoms with Crippen molar-refractivity contribution < 1.29 is 9.53 Å². The van der Waals surface area contributed by atoms with Crippen LogP contribution in [0, 0.1) is 0 Å². The van der Waals surface area contributed by atoms with E-state index in [4.69, 9.17) is 4.74 Å². The molecule has 1 N–H and O–H groups in total. The molecule has 2 aliphatic rings. The van der Waals surface area contributed by atoms with Gasteiger partial charge in [-0.15, -0.1) is 0 Å². The molecule has 1 aromatic carbocycles. The topological polar surface area (TPSA) is 61.5 Å². The highest BCUT2D eigenvalue weighted by atomic mass is 16.5. The van der Waals surface area contributed by atoms with Crippen LogP contribution in [0.4, 0.5) is 0 Å². The quantitative estimate of drug-likeness (QED) is 0.915. The van der Waals surface area contributed by atoms with Crippen LogP contribution >= 0.6 is 0 Å². The molecule has 3 heterocycles. The Hall–Kier alpha value is -2.18. The Kier molecular flexibility index (Phi) is 5.32. The van der Waals surface area contributed by atoms with E-state index in [1.165, 1.54) is 12.0 Å². The Labute approximate surface area is 154 Å². The number of nitrogens with zero attached hydrogens (tertiary/aromatic N) is 3. The monoisotopic (exact) mass is 354 g/mol. The third-order valence-electron chi connectivity index (χ3n) is 5.31. The molecule has 4 rings (SSSR count). The summed E-state index contributed by atoms with van der Waals surface area (Å²) in [4.78, 5) is 16.9. The molecule has 6 nitrogen and oxygen atoms in total. The number of carbonyl (C=O) groups is 1. The minimum atomic E-state index is 0.00718. The number of amides is 1. The summed E-state index contributed by atoms with van der Waals surface area (Å²) in [7, 11) is 0. The highest BCUT2D eigenvalue weighted by molar-refractivity contribution is 5.92. The number of morpholine rings is 1.